The van der Waals surface area contributed by atoms with Gasteiger partial charge < -0.3 is 20.3 Å². The lowest BCUT2D eigenvalue weighted by atomic mass is 10.1. The molecule has 1 aromatic carbocycles. The molecule has 1 heterocycles. The molecule has 1 aliphatic heterocycles. The average Bonchev–Trinajstić information content (AvgIpc) is 2.50. The second-order valence-electron chi connectivity index (χ2n) is 6.38. The highest BCUT2D eigenvalue weighted by atomic mass is 127. The molecule has 1 atom stereocenters. The number of halogens is 1. The summed E-state index contributed by atoms with van der Waals surface area (Å²) in [5.74, 6) is 0.839. The standard InChI is InChI=1S/C18H30N4O.HI/c1-14-9-15(2)11-16(10-14)5-6-20-18(19-3)21-12-17-13-22(4)7-8-23-17;/h9-11,17H,5-8,12-13H2,1-4H3,(H2,19,20,21);1H. The Morgan fingerprint density at radius 3 is 2.58 bits per heavy atom. The van der Waals surface area contributed by atoms with Gasteiger partial charge in [0.25, 0.3) is 0 Å². The Labute approximate surface area is 163 Å². The van der Waals surface area contributed by atoms with E-state index in [0.717, 1.165) is 45.2 Å². The predicted octanol–water partition coefficient (Wildman–Crippen LogP) is 1.96. The maximum atomic E-state index is 5.76. The fourth-order valence-electron chi connectivity index (χ4n) is 2.96. The summed E-state index contributed by atoms with van der Waals surface area (Å²) >= 11 is 0. The highest BCUT2D eigenvalue weighted by molar-refractivity contribution is 14.0. The van der Waals surface area contributed by atoms with Crippen LogP contribution < -0.4 is 10.6 Å². The third kappa shape index (κ3) is 7.36. The lowest BCUT2D eigenvalue weighted by Crippen LogP contribution is -2.48. The van der Waals surface area contributed by atoms with Gasteiger partial charge in [0.15, 0.2) is 5.96 Å². The molecule has 6 heteroatoms. The van der Waals surface area contributed by atoms with Crippen LogP contribution in [0.1, 0.15) is 16.7 Å². The van der Waals surface area contributed by atoms with E-state index in [4.69, 9.17) is 4.74 Å². The van der Waals surface area contributed by atoms with E-state index in [1.807, 2.05) is 0 Å². The van der Waals surface area contributed by atoms with Crippen LogP contribution in [-0.2, 0) is 11.2 Å². The molecule has 0 saturated carbocycles. The Bertz CT molecular complexity index is 516. The predicted molar refractivity (Wildman–Crippen MR) is 112 cm³/mol. The van der Waals surface area contributed by atoms with Crippen molar-refractivity contribution in [3.05, 3.63) is 34.9 Å². The summed E-state index contributed by atoms with van der Waals surface area (Å²) in [5, 5.41) is 6.73. The van der Waals surface area contributed by atoms with Crippen LogP contribution in [0.5, 0.6) is 0 Å². The molecule has 1 fully saturated rings. The highest BCUT2D eigenvalue weighted by Crippen LogP contribution is 2.09. The van der Waals surface area contributed by atoms with Crippen molar-refractivity contribution >= 4 is 29.9 Å². The van der Waals surface area contributed by atoms with Crippen LogP contribution >= 0.6 is 24.0 Å². The Morgan fingerprint density at radius 2 is 1.96 bits per heavy atom. The third-order valence-electron chi connectivity index (χ3n) is 4.05. The summed E-state index contributed by atoms with van der Waals surface area (Å²) in [6.45, 7) is 8.73. The molecule has 136 valence electrons. The zero-order valence-corrected chi connectivity index (χ0v) is 17.6. The molecule has 24 heavy (non-hydrogen) atoms. The average molecular weight is 446 g/mol. The monoisotopic (exact) mass is 446 g/mol. The van der Waals surface area contributed by atoms with Gasteiger partial charge in [0, 0.05) is 33.2 Å². The van der Waals surface area contributed by atoms with Crippen molar-refractivity contribution in [3.63, 3.8) is 0 Å². The van der Waals surface area contributed by atoms with E-state index in [1.165, 1.54) is 16.7 Å². The fraction of sp³-hybridized carbons (Fsp3) is 0.611. The summed E-state index contributed by atoms with van der Waals surface area (Å²) in [4.78, 5) is 6.58. The molecule has 0 spiro atoms. The fourth-order valence-corrected chi connectivity index (χ4v) is 2.96. The smallest absolute Gasteiger partial charge is 0.191 e. The number of guanidine groups is 1. The van der Waals surface area contributed by atoms with Gasteiger partial charge in [-0.05, 0) is 32.9 Å². The molecule has 1 aliphatic rings. The van der Waals surface area contributed by atoms with Gasteiger partial charge in [-0.1, -0.05) is 29.3 Å². The van der Waals surface area contributed by atoms with E-state index in [0.29, 0.717) is 0 Å². The number of likely N-dealkylation sites (N-methyl/N-ethyl adjacent to an activating group) is 1. The zero-order chi connectivity index (χ0) is 16.7. The normalized spacial score (nSPS) is 18.8. The number of benzene rings is 1. The number of hydrogen-bond donors (Lipinski definition) is 2. The number of hydrogen-bond acceptors (Lipinski definition) is 3. The second-order valence-corrected chi connectivity index (χ2v) is 6.38. The lowest BCUT2D eigenvalue weighted by molar-refractivity contribution is -0.0161. The Kier molecular flexibility index (Phi) is 9.61. The number of nitrogens with zero attached hydrogens (tertiary/aromatic N) is 2. The van der Waals surface area contributed by atoms with Crippen LogP contribution in [0.2, 0.25) is 0 Å². The molecule has 1 unspecified atom stereocenters. The van der Waals surface area contributed by atoms with Gasteiger partial charge in [-0.15, -0.1) is 24.0 Å². The van der Waals surface area contributed by atoms with E-state index in [1.54, 1.807) is 7.05 Å². The largest absolute Gasteiger partial charge is 0.374 e. The van der Waals surface area contributed by atoms with Gasteiger partial charge in [-0.2, -0.15) is 0 Å². The number of nitrogens with one attached hydrogen (secondary N) is 2. The van der Waals surface area contributed by atoms with E-state index in [9.17, 15) is 0 Å². The van der Waals surface area contributed by atoms with Crippen LogP contribution in [-0.4, -0.2) is 63.8 Å². The summed E-state index contributed by atoms with van der Waals surface area (Å²) in [5.41, 5.74) is 4.00. The van der Waals surface area contributed by atoms with Crippen LogP contribution in [0.3, 0.4) is 0 Å². The summed E-state index contributed by atoms with van der Waals surface area (Å²) < 4.78 is 5.76. The maximum Gasteiger partial charge on any atom is 0.191 e. The first-order valence-electron chi connectivity index (χ1n) is 8.38. The molecule has 2 rings (SSSR count). The SMILES string of the molecule is CN=C(NCCc1cc(C)cc(C)c1)NCC1CN(C)CCO1.I. The molecule has 0 radical (unpaired) electrons. The topological polar surface area (TPSA) is 48.9 Å². The van der Waals surface area contributed by atoms with Gasteiger partial charge in [0.1, 0.15) is 0 Å². The first kappa shape index (κ1) is 21.2. The van der Waals surface area contributed by atoms with Gasteiger partial charge in [0.2, 0.25) is 0 Å². The highest BCUT2D eigenvalue weighted by Gasteiger charge is 2.17. The second kappa shape index (κ2) is 10.9. The van der Waals surface area contributed by atoms with E-state index < -0.39 is 0 Å². The molecular formula is C18H31IN4O. The number of aliphatic imine (C=N–C) groups is 1. The molecule has 1 saturated heterocycles. The Balaban J connectivity index is 0.00000288. The van der Waals surface area contributed by atoms with Crippen molar-refractivity contribution in [2.75, 3.05) is 46.9 Å². The Morgan fingerprint density at radius 1 is 1.25 bits per heavy atom. The van der Waals surface area contributed by atoms with Gasteiger partial charge >= 0.3 is 0 Å². The Hall–Kier alpha value is -0.860. The number of ether oxygens (including phenoxy) is 1. The molecule has 5 nitrogen and oxygen atoms in total. The van der Waals surface area contributed by atoms with Gasteiger partial charge in [-0.3, -0.25) is 4.99 Å². The summed E-state index contributed by atoms with van der Waals surface area (Å²) in [6.07, 6.45) is 1.22. The molecule has 2 N–H and O–H groups in total. The third-order valence-corrected chi connectivity index (χ3v) is 4.05. The van der Waals surface area contributed by atoms with Crippen molar-refractivity contribution in [2.45, 2.75) is 26.4 Å². The number of morpholine rings is 1. The van der Waals surface area contributed by atoms with Crippen molar-refractivity contribution in [3.8, 4) is 0 Å². The number of rotatable bonds is 5. The van der Waals surface area contributed by atoms with E-state index >= 15 is 0 Å². The van der Waals surface area contributed by atoms with Gasteiger partial charge in [0.05, 0.1) is 12.7 Å². The van der Waals surface area contributed by atoms with Crippen molar-refractivity contribution in [1.29, 1.82) is 0 Å². The quantitative estimate of drug-likeness (QED) is 0.413. The van der Waals surface area contributed by atoms with E-state index in [2.05, 4.69) is 59.6 Å². The molecule has 0 aromatic heterocycles. The zero-order valence-electron chi connectivity index (χ0n) is 15.3. The van der Waals surface area contributed by atoms with E-state index in [-0.39, 0.29) is 30.1 Å². The molecule has 0 amide bonds. The van der Waals surface area contributed by atoms with Crippen LogP contribution in [0.15, 0.2) is 23.2 Å². The first-order chi connectivity index (χ1) is 11.1. The minimum atomic E-state index is 0. The van der Waals surface area contributed by atoms with Crippen molar-refractivity contribution in [2.24, 2.45) is 4.99 Å². The minimum absolute atomic E-state index is 0. The summed E-state index contributed by atoms with van der Waals surface area (Å²) in [6, 6.07) is 6.70. The lowest BCUT2D eigenvalue weighted by Gasteiger charge is -2.30. The number of aryl methyl sites for hydroxylation is 2. The molecular weight excluding hydrogens is 415 g/mol. The molecule has 0 bridgehead atoms. The maximum absolute atomic E-state index is 5.76. The van der Waals surface area contributed by atoms with Crippen LogP contribution in [0.25, 0.3) is 0 Å². The molecule has 0 aliphatic carbocycles. The van der Waals surface area contributed by atoms with Gasteiger partial charge in [-0.25, -0.2) is 0 Å². The first-order valence-corrected chi connectivity index (χ1v) is 8.38. The molecule has 1 aromatic rings. The summed E-state index contributed by atoms with van der Waals surface area (Å²) in [7, 11) is 3.94. The van der Waals surface area contributed by atoms with Crippen molar-refractivity contribution in [1.82, 2.24) is 15.5 Å². The minimum Gasteiger partial charge on any atom is -0.374 e. The van der Waals surface area contributed by atoms with Crippen LogP contribution in [0, 0.1) is 13.8 Å². The van der Waals surface area contributed by atoms with Crippen molar-refractivity contribution < 1.29 is 4.74 Å². The van der Waals surface area contributed by atoms with Crippen LogP contribution in [0.4, 0.5) is 0 Å².